The van der Waals surface area contributed by atoms with Crippen molar-refractivity contribution in [1.29, 1.82) is 0 Å². The van der Waals surface area contributed by atoms with Crippen LogP contribution in [-0.4, -0.2) is 82.5 Å². The number of rotatable bonds is 5. The number of amides is 2. The number of anilines is 2. The number of aromatic amines is 1. The Kier molecular flexibility index (Phi) is 5.21. The molecule has 4 heterocycles. The summed E-state index contributed by atoms with van der Waals surface area (Å²) in [6.07, 6.45) is -1.53. The molecule has 10 nitrogen and oxygen atoms in total. The standard InChI is InChI=1S/C18H21F3N8O2/c1-27(2)17(30)24-13-6-23-25-15(13)12-4-14-11(5-22-12)16(28-7-10(8-28)31-3)26-29(14)9-18(19,20)21/h4-6,10H,7-9H2,1-3H3,(H,23,25)(H,24,30). The smallest absolute Gasteiger partial charge is 0.378 e. The molecule has 2 amide bonds. The minimum Gasteiger partial charge on any atom is -0.378 e. The van der Waals surface area contributed by atoms with Crippen LogP contribution in [0.4, 0.5) is 29.5 Å². The molecule has 0 spiro atoms. The lowest BCUT2D eigenvalue weighted by atomic mass is 10.1. The van der Waals surface area contributed by atoms with Crippen LogP contribution in [0.3, 0.4) is 0 Å². The van der Waals surface area contributed by atoms with Crippen LogP contribution in [0.15, 0.2) is 18.5 Å². The molecular formula is C18H21F3N8O2. The Morgan fingerprint density at radius 2 is 2.10 bits per heavy atom. The van der Waals surface area contributed by atoms with Crippen LogP contribution in [-0.2, 0) is 11.3 Å². The van der Waals surface area contributed by atoms with Crippen LogP contribution in [0.1, 0.15) is 0 Å². The Morgan fingerprint density at radius 3 is 2.74 bits per heavy atom. The fourth-order valence-electron chi connectivity index (χ4n) is 3.28. The first-order valence-corrected chi connectivity index (χ1v) is 9.39. The number of hydrogen-bond acceptors (Lipinski definition) is 6. The lowest BCUT2D eigenvalue weighted by Gasteiger charge is -2.38. The number of nitrogens with one attached hydrogen (secondary N) is 2. The van der Waals surface area contributed by atoms with E-state index in [9.17, 15) is 18.0 Å². The first-order valence-electron chi connectivity index (χ1n) is 9.39. The second-order valence-electron chi connectivity index (χ2n) is 7.43. The minimum absolute atomic E-state index is 0.0166. The van der Waals surface area contributed by atoms with Gasteiger partial charge in [-0.15, -0.1) is 0 Å². The molecule has 1 aliphatic rings. The quantitative estimate of drug-likeness (QED) is 0.634. The van der Waals surface area contributed by atoms with Crippen LogP contribution in [0, 0.1) is 0 Å². The molecule has 0 atom stereocenters. The van der Waals surface area contributed by atoms with Crippen molar-refractivity contribution in [2.75, 3.05) is 44.5 Å². The molecule has 2 N–H and O–H groups in total. The number of aromatic nitrogens is 5. The van der Waals surface area contributed by atoms with Crippen molar-refractivity contribution in [3.8, 4) is 11.4 Å². The first kappa shape index (κ1) is 20.9. The number of nitrogens with zero attached hydrogens (tertiary/aromatic N) is 6. The number of alkyl halides is 3. The van der Waals surface area contributed by atoms with Gasteiger partial charge >= 0.3 is 12.2 Å². The molecule has 3 aromatic rings. The highest BCUT2D eigenvalue weighted by atomic mass is 19.4. The van der Waals surface area contributed by atoms with Crippen molar-refractivity contribution in [3.05, 3.63) is 18.5 Å². The molecule has 4 rings (SSSR count). The molecule has 3 aromatic heterocycles. The largest absolute Gasteiger partial charge is 0.408 e. The predicted octanol–water partition coefficient (Wildman–Crippen LogP) is 2.31. The number of carbonyl (C=O) groups excluding carboxylic acids is 1. The number of hydrogen-bond donors (Lipinski definition) is 2. The zero-order valence-corrected chi connectivity index (χ0v) is 17.1. The fourth-order valence-corrected chi connectivity index (χ4v) is 3.28. The van der Waals surface area contributed by atoms with E-state index in [0.29, 0.717) is 41.4 Å². The van der Waals surface area contributed by atoms with E-state index in [1.807, 2.05) is 4.90 Å². The number of pyridine rings is 1. The summed E-state index contributed by atoms with van der Waals surface area (Å²) in [7, 11) is 4.76. The van der Waals surface area contributed by atoms with Gasteiger partial charge in [-0.1, -0.05) is 0 Å². The number of halogens is 3. The summed E-state index contributed by atoms with van der Waals surface area (Å²) in [6, 6.07) is 1.13. The first-order chi connectivity index (χ1) is 14.7. The molecule has 13 heteroatoms. The molecular weight excluding hydrogens is 417 g/mol. The van der Waals surface area contributed by atoms with Crippen molar-refractivity contribution < 1.29 is 22.7 Å². The van der Waals surface area contributed by atoms with E-state index in [0.717, 1.165) is 4.68 Å². The van der Waals surface area contributed by atoms with Gasteiger partial charge in [-0.3, -0.25) is 14.8 Å². The van der Waals surface area contributed by atoms with Gasteiger partial charge in [0, 0.05) is 40.5 Å². The van der Waals surface area contributed by atoms with Gasteiger partial charge in [0.05, 0.1) is 34.6 Å². The van der Waals surface area contributed by atoms with E-state index in [1.54, 1.807) is 21.2 Å². The van der Waals surface area contributed by atoms with Crippen LogP contribution >= 0.6 is 0 Å². The van der Waals surface area contributed by atoms with E-state index < -0.39 is 12.7 Å². The highest BCUT2D eigenvalue weighted by Gasteiger charge is 2.34. The number of H-pyrrole nitrogens is 1. The predicted molar refractivity (Wildman–Crippen MR) is 107 cm³/mol. The van der Waals surface area contributed by atoms with Gasteiger partial charge in [-0.2, -0.15) is 23.4 Å². The van der Waals surface area contributed by atoms with Crippen LogP contribution in [0.5, 0.6) is 0 Å². The third-order valence-corrected chi connectivity index (χ3v) is 4.97. The van der Waals surface area contributed by atoms with Gasteiger partial charge in [0.25, 0.3) is 0 Å². The normalized spacial score (nSPS) is 14.7. The molecule has 166 valence electrons. The van der Waals surface area contributed by atoms with Crippen LogP contribution < -0.4 is 10.2 Å². The Hall–Kier alpha value is -3.35. The average molecular weight is 438 g/mol. The number of carbonyl (C=O) groups is 1. The molecule has 0 bridgehead atoms. The minimum atomic E-state index is -4.44. The molecule has 1 saturated heterocycles. The maximum atomic E-state index is 13.2. The summed E-state index contributed by atoms with van der Waals surface area (Å²) >= 11 is 0. The summed E-state index contributed by atoms with van der Waals surface area (Å²) in [4.78, 5) is 19.6. The lowest BCUT2D eigenvalue weighted by Crippen LogP contribution is -2.52. The second-order valence-corrected chi connectivity index (χ2v) is 7.43. The van der Waals surface area contributed by atoms with E-state index in [1.165, 1.54) is 23.4 Å². The van der Waals surface area contributed by atoms with Crippen molar-refractivity contribution in [1.82, 2.24) is 29.9 Å². The van der Waals surface area contributed by atoms with E-state index in [4.69, 9.17) is 4.74 Å². The Labute approximate surface area is 175 Å². The summed E-state index contributed by atoms with van der Waals surface area (Å²) in [6.45, 7) is -0.156. The zero-order valence-electron chi connectivity index (χ0n) is 17.1. The summed E-state index contributed by atoms with van der Waals surface area (Å²) < 4.78 is 45.7. The summed E-state index contributed by atoms with van der Waals surface area (Å²) in [5.41, 5.74) is 1.34. The average Bonchev–Trinajstić information content (AvgIpc) is 3.24. The molecule has 1 aliphatic heterocycles. The summed E-state index contributed by atoms with van der Waals surface area (Å²) in [5, 5.41) is 14.0. The topological polar surface area (TPSA) is 104 Å². The second kappa shape index (κ2) is 7.72. The number of fused-ring (bicyclic) bond motifs is 1. The maximum absolute atomic E-state index is 13.2. The number of methoxy groups -OCH3 is 1. The molecule has 0 saturated carbocycles. The van der Waals surface area contributed by atoms with Crippen molar-refractivity contribution >= 4 is 28.4 Å². The van der Waals surface area contributed by atoms with Gasteiger partial charge in [0.15, 0.2) is 5.82 Å². The van der Waals surface area contributed by atoms with Crippen molar-refractivity contribution in [2.45, 2.75) is 18.8 Å². The zero-order chi connectivity index (χ0) is 22.3. The van der Waals surface area contributed by atoms with Crippen molar-refractivity contribution in [3.63, 3.8) is 0 Å². The van der Waals surface area contributed by atoms with E-state index in [2.05, 4.69) is 25.6 Å². The van der Waals surface area contributed by atoms with Gasteiger partial charge in [0.1, 0.15) is 12.2 Å². The van der Waals surface area contributed by atoms with Gasteiger partial charge in [-0.25, -0.2) is 4.79 Å². The van der Waals surface area contributed by atoms with Gasteiger partial charge in [-0.05, 0) is 6.07 Å². The Balaban J connectivity index is 1.74. The number of urea groups is 1. The van der Waals surface area contributed by atoms with Gasteiger partial charge in [0.2, 0.25) is 0 Å². The van der Waals surface area contributed by atoms with Crippen molar-refractivity contribution in [2.24, 2.45) is 0 Å². The Morgan fingerprint density at radius 1 is 1.35 bits per heavy atom. The molecule has 0 aliphatic carbocycles. The molecule has 1 fully saturated rings. The molecule has 31 heavy (non-hydrogen) atoms. The summed E-state index contributed by atoms with van der Waals surface area (Å²) in [5.74, 6) is 0.428. The SMILES string of the molecule is COC1CN(c2nn(CC(F)(F)F)c3cc(-c4[nH]ncc4NC(=O)N(C)C)ncc23)C1. The van der Waals surface area contributed by atoms with E-state index >= 15 is 0 Å². The van der Waals surface area contributed by atoms with Gasteiger partial charge < -0.3 is 19.9 Å². The maximum Gasteiger partial charge on any atom is 0.408 e. The number of ether oxygens (including phenoxy) is 1. The highest BCUT2D eigenvalue weighted by molar-refractivity contribution is 5.95. The van der Waals surface area contributed by atoms with Crippen LogP contribution in [0.25, 0.3) is 22.3 Å². The molecule has 0 unspecified atom stereocenters. The molecule has 0 aromatic carbocycles. The van der Waals surface area contributed by atoms with E-state index in [-0.39, 0.29) is 17.7 Å². The highest BCUT2D eigenvalue weighted by Crippen LogP contribution is 2.34. The van der Waals surface area contributed by atoms with Crippen LogP contribution in [0.2, 0.25) is 0 Å². The fraction of sp³-hybridized carbons (Fsp3) is 0.444. The Bertz CT molecular complexity index is 1100. The monoisotopic (exact) mass is 438 g/mol. The third kappa shape index (κ3) is 4.13. The third-order valence-electron chi connectivity index (χ3n) is 4.97. The molecule has 0 radical (unpaired) electrons. The lowest BCUT2D eigenvalue weighted by molar-refractivity contribution is -0.141.